The molecule has 2 fully saturated rings. The van der Waals surface area contributed by atoms with Crippen molar-refractivity contribution in [3.05, 3.63) is 34.3 Å². The number of rotatable bonds is 3. The lowest BCUT2D eigenvalue weighted by molar-refractivity contribution is 0.323. The van der Waals surface area contributed by atoms with E-state index in [4.69, 9.17) is 5.73 Å². The van der Waals surface area contributed by atoms with E-state index in [-0.39, 0.29) is 24.0 Å². The fourth-order valence-corrected chi connectivity index (χ4v) is 3.48. The smallest absolute Gasteiger partial charge is 0.189 e. The monoisotopic (exact) mass is 463 g/mol. The first-order chi connectivity index (χ1) is 9.70. The zero-order chi connectivity index (χ0) is 13.9. The van der Waals surface area contributed by atoms with Gasteiger partial charge in [0.25, 0.3) is 0 Å². The first kappa shape index (κ1) is 17.1. The summed E-state index contributed by atoms with van der Waals surface area (Å²) in [5, 5.41) is 3.37. The number of nitrogens with two attached hydrogens (primary N) is 1. The molecule has 1 aromatic carbocycles. The van der Waals surface area contributed by atoms with Crippen molar-refractivity contribution in [2.75, 3.05) is 0 Å². The van der Waals surface area contributed by atoms with Gasteiger partial charge in [0.05, 0.1) is 6.04 Å². The van der Waals surface area contributed by atoms with Crippen LogP contribution in [0.2, 0.25) is 0 Å². The van der Waals surface area contributed by atoms with E-state index in [1.165, 1.54) is 31.2 Å². The number of hydrogen-bond donors (Lipinski definition) is 2. The first-order valence-electron chi connectivity index (χ1n) is 7.56. The van der Waals surface area contributed by atoms with E-state index >= 15 is 0 Å². The molecule has 0 radical (unpaired) electrons. The number of hydrogen-bond acceptors (Lipinski definition) is 1. The maximum absolute atomic E-state index is 6.00. The fraction of sp³-hybridized carbons (Fsp3) is 0.562. The lowest BCUT2D eigenvalue weighted by Gasteiger charge is -2.36. The summed E-state index contributed by atoms with van der Waals surface area (Å²) in [4.78, 5) is 4.58. The third kappa shape index (κ3) is 4.58. The van der Waals surface area contributed by atoms with Crippen molar-refractivity contribution in [2.45, 2.75) is 56.5 Å². The molecule has 2 saturated carbocycles. The topological polar surface area (TPSA) is 50.4 Å². The van der Waals surface area contributed by atoms with Gasteiger partial charge >= 0.3 is 0 Å². The molecule has 0 aromatic heterocycles. The molecule has 5 heteroatoms. The van der Waals surface area contributed by atoms with E-state index in [1.54, 1.807) is 0 Å². The molecular weight excluding hydrogens is 441 g/mol. The van der Waals surface area contributed by atoms with Crippen LogP contribution in [0.3, 0.4) is 0 Å². The van der Waals surface area contributed by atoms with Crippen LogP contribution in [0.1, 0.15) is 50.0 Å². The summed E-state index contributed by atoms with van der Waals surface area (Å²) in [5.74, 6) is 1.32. The second-order valence-corrected chi connectivity index (χ2v) is 6.93. The summed E-state index contributed by atoms with van der Waals surface area (Å²) in [6.45, 7) is 0. The number of benzene rings is 1. The summed E-state index contributed by atoms with van der Waals surface area (Å²) in [7, 11) is 0. The highest BCUT2D eigenvalue weighted by molar-refractivity contribution is 14.0. The fourth-order valence-electron chi connectivity index (χ4n) is 3.22. The lowest BCUT2D eigenvalue weighted by atomic mass is 9.76. The average Bonchev–Trinajstić information content (AvgIpc) is 2.87. The Morgan fingerprint density at radius 1 is 1.14 bits per heavy atom. The van der Waals surface area contributed by atoms with Gasteiger partial charge < -0.3 is 11.1 Å². The minimum Gasteiger partial charge on any atom is -0.370 e. The van der Waals surface area contributed by atoms with Gasteiger partial charge in [-0.1, -0.05) is 40.9 Å². The summed E-state index contributed by atoms with van der Waals surface area (Å²) < 4.78 is 1.14. The Kier molecular flexibility index (Phi) is 6.34. The van der Waals surface area contributed by atoms with Crippen molar-refractivity contribution in [1.82, 2.24) is 5.32 Å². The molecular formula is C16H23BrIN3. The van der Waals surface area contributed by atoms with Gasteiger partial charge in [-0.3, -0.25) is 4.99 Å². The quantitative estimate of drug-likeness (QED) is 0.401. The van der Waals surface area contributed by atoms with E-state index in [0.717, 1.165) is 17.3 Å². The largest absolute Gasteiger partial charge is 0.370 e. The molecule has 3 N–H and O–H groups in total. The molecule has 2 aliphatic rings. The van der Waals surface area contributed by atoms with E-state index in [0.29, 0.717) is 24.0 Å². The predicted molar refractivity (Wildman–Crippen MR) is 102 cm³/mol. The van der Waals surface area contributed by atoms with Crippen LogP contribution in [0.5, 0.6) is 0 Å². The van der Waals surface area contributed by atoms with Crippen molar-refractivity contribution in [3.8, 4) is 0 Å². The second-order valence-electron chi connectivity index (χ2n) is 6.01. The molecule has 21 heavy (non-hydrogen) atoms. The molecule has 0 aliphatic heterocycles. The number of halogens is 2. The molecule has 3 nitrogen and oxygen atoms in total. The normalized spacial score (nSPS) is 26.0. The Morgan fingerprint density at radius 3 is 2.38 bits per heavy atom. The number of nitrogens with zero attached hydrogens (tertiary/aromatic N) is 1. The SMILES string of the molecule is I.NC(=NC1CCCC1)NC1CC(c2ccc(Br)cc2)C1. The van der Waals surface area contributed by atoms with E-state index < -0.39 is 0 Å². The molecule has 0 amide bonds. The molecule has 3 rings (SSSR count). The van der Waals surface area contributed by atoms with Crippen LogP contribution in [0, 0.1) is 0 Å². The average molecular weight is 464 g/mol. The van der Waals surface area contributed by atoms with Crippen molar-refractivity contribution in [1.29, 1.82) is 0 Å². The highest BCUT2D eigenvalue weighted by Gasteiger charge is 2.30. The highest BCUT2D eigenvalue weighted by Crippen LogP contribution is 2.37. The van der Waals surface area contributed by atoms with Crippen molar-refractivity contribution < 1.29 is 0 Å². The van der Waals surface area contributed by atoms with Crippen LogP contribution in [0.4, 0.5) is 0 Å². The number of nitrogens with one attached hydrogen (secondary N) is 1. The zero-order valence-electron chi connectivity index (χ0n) is 12.1. The summed E-state index contributed by atoms with van der Waals surface area (Å²) >= 11 is 3.48. The summed E-state index contributed by atoms with van der Waals surface area (Å²) in [5.41, 5.74) is 7.43. The van der Waals surface area contributed by atoms with Gasteiger partial charge in [-0.2, -0.15) is 0 Å². The van der Waals surface area contributed by atoms with Crippen molar-refractivity contribution in [3.63, 3.8) is 0 Å². The first-order valence-corrected chi connectivity index (χ1v) is 8.35. The van der Waals surface area contributed by atoms with Gasteiger partial charge in [0.1, 0.15) is 0 Å². The van der Waals surface area contributed by atoms with Gasteiger partial charge in [0, 0.05) is 10.5 Å². The maximum Gasteiger partial charge on any atom is 0.189 e. The van der Waals surface area contributed by atoms with Crippen LogP contribution in [0.25, 0.3) is 0 Å². The van der Waals surface area contributed by atoms with Crippen LogP contribution in [-0.4, -0.2) is 18.0 Å². The minimum absolute atomic E-state index is 0. The molecule has 0 heterocycles. The third-order valence-corrected chi connectivity index (χ3v) is 5.01. The zero-order valence-corrected chi connectivity index (χ0v) is 16.0. The van der Waals surface area contributed by atoms with Crippen LogP contribution >= 0.6 is 39.9 Å². The Balaban J connectivity index is 0.00000161. The predicted octanol–water partition coefficient (Wildman–Crippen LogP) is 4.16. The standard InChI is InChI=1S/C16H22BrN3.HI/c17-13-7-5-11(6-8-13)12-9-15(10-12)20-16(18)19-14-3-1-2-4-14;/h5-8,12,14-15H,1-4,9-10H2,(H3,18,19,20);1H. The van der Waals surface area contributed by atoms with E-state index in [2.05, 4.69) is 50.5 Å². The molecule has 0 spiro atoms. The molecule has 0 bridgehead atoms. The van der Waals surface area contributed by atoms with Crippen molar-refractivity contribution >= 4 is 45.9 Å². The van der Waals surface area contributed by atoms with Gasteiger partial charge in [-0.15, -0.1) is 24.0 Å². The van der Waals surface area contributed by atoms with E-state index in [9.17, 15) is 0 Å². The van der Waals surface area contributed by atoms with E-state index in [1.807, 2.05) is 0 Å². The molecule has 0 saturated heterocycles. The summed E-state index contributed by atoms with van der Waals surface area (Å²) in [6, 6.07) is 9.61. The molecule has 0 atom stereocenters. The third-order valence-electron chi connectivity index (χ3n) is 4.48. The van der Waals surface area contributed by atoms with Gasteiger partial charge in [0.15, 0.2) is 5.96 Å². The molecule has 116 valence electrons. The van der Waals surface area contributed by atoms with Gasteiger partial charge in [-0.25, -0.2) is 0 Å². The Hall–Kier alpha value is -0.300. The maximum atomic E-state index is 6.00. The summed E-state index contributed by atoms with van der Waals surface area (Å²) in [6.07, 6.45) is 7.32. The molecule has 1 aromatic rings. The van der Waals surface area contributed by atoms with Gasteiger partial charge in [0.2, 0.25) is 0 Å². The Bertz CT molecular complexity index is 477. The van der Waals surface area contributed by atoms with Crippen LogP contribution < -0.4 is 11.1 Å². The van der Waals surface area contributed by atoms with Gasteiger partial charge in [-0.05, 0) is 49.3 Å². The highest BCUT2D eigenvalue weighted by atomic mass is 127. The van der Waals surface area contributed by atoms with Crippen molar-refractivity contribution in [2.24, 2.45) is 10.7 Å². The minimum atomic E-state index is 0. The van der Waals surface area contributed by atoms with Crippen LogP contribution in [0.15, 0.2) is 33.7 Å². The second kappa shape index (κ2) is 7.81. The lowest BCUT2D eigenvalue weighted by Crippen LogP contribution is -2.47. The number of guanidine groups is 1. The molecule has 0 unspecified atom stereocenters. The Morgan fingerprint density at radius 2 is 1.76 bits per heavy atom. The Labute approximate surface area is 152 Å². The molecule has 2 aliphatic carbocycles. The number of aliphatic imine (C=N–C) groups is 1. The van der Waals surface area contributed by atoms with Crippen LogP contribution in [-0.2, 0) is 0 Å².